The molecule has 1 amide bonds. The van der Waals surface area contributed by atoms with Gasteiger partial charge < -0.3 is 5.32 Å². The lowest BCUT2D eigenvalue weighted by Crippen LogP contribution is -2.41. The lowest BCUT2D eigenvalue weighted by molar-refractivity contribution is -0.119. The van der Waals surface area contributed by atoms with Crippen molar-refractivity contribution in [3.05, 3.63) is 43.0 Å². The van der Waals surface area contributed by atoms with Crippen LogP contribution >= 0.6 is 11.8 Å². The van der Waals surface area contributed by atoms with Crippen LogP contribution in [0.25, 0.3) is 11.4 Å². The van der Waals surface area contributed by atoms with Gasteiger partial charge in [-0.2, -0.15) is 0 Å². The van der Waals surface area contributed by atoms with Crippen molar-refractivity contribution in [1.29, 1.82) is 0 Å². The molecular formula is C17H22N4OS. The molecule has 2 aromatic rings. The van der Waals surface area contributed by atoms with Crippen LogP contribution in [0.3, 0.4) is 0 Å². The van der Waals surface area contributed by atoms with E-state index in [2.05, 4.69) is 22.1 Å². The largest absolute Gasteiger partial charge is 0.351 e. The fourth-order valence-corrected chi connectivity index (χ4v) is 2.82. The van der Waals surface area contributed by atoms with Gasteiger partial charge in [-0.15, -0.1) is 16.8 Å². The number of benzene rings is 1. The zero-order valence-electron chi connectivity index (χ0n) is 13.7. The zero-order valence-corrected chi connectivity index (χ0v) is 14.6. The molecule has 0 saturated carbocycles. The van der Waals surface area contributed by atoms with Crippen LogP contribution in [-0.2, 0) is 11.3 Å². The van der Waals surface area contributed by atoms with E-state index >= 15 is 0 Å². The van der Waals surface area contributed by atoms with E-state index in [9.17, 15) is 4.79 Å². The van der Waals surface area contributed by atoms with Crippen LogP contribution in [0, 0.1) is 0 Å². The average Bonchev–Trinajstić information content (AvgIpc) is 2.88. The van der Waals surface area contributed by atoms with Crippen LogP contribution < -0.4 is 5.32 Å². The maximum absolute atomic E-state index is 12.0. The molecular weight excluding hydrogens is 308 g/mol. The fraction of sp³-hybridized carbons (Fsp3) is 0.353. The third-order valence-corrected chi connectivity index (χ3v) is 3.87. The second-order valence-corrected chi connectivity index (χ2v) is 7.10. The number of rotatable bonds is 6. The molecule has 6 heteroatoms. The highest BCUT2D eigenvalue weighted by Crippen LogP contribution is 2.23. The second kappa shape index (κ2) is 7.46. The second-order valence-electron chi connectivity index (χ2n) is 6.16. The van der Waals surface area contributed by atoms with E-state index < -0.39 is 0 Å². The monoisotopic (exact) mass is 330 g/mol. The lowest BCUT2D eigenvalue weighted by Gasteiger charge is -2.20. The summed E-state index contributed by atoms with van der Waals surface area (Å²) in [6, 6.07) is 9.87. The molecule has 0 aliphatic rings. The Morgan fingerprint density at radius 1 is 1.30 bits per heavy atom. The Bertz CT molecular complexity index is 674. The number of carbonyl (C=O) groups is 1. The highest BCUT2D eigenvalue weighted by Gasteiger charge is 2.17. The molecule has 0 spiro atoms. The summed E-state index contributed by atoms with van der Waals surface area (Å²) in [5.41, 5.74) is 0.759. The average molecular weight is 330 g/mol. The number of carbonyl (C=O) groups excluding carboxylic acids is 1. The fourth-order valence-electron chi connectivity index (χ4n) is 2.07. The van der Waals surface area contributed by atoms with Gasteiger partial charge >= 0.3 is 0 Å². The Morgan fingerprint density at radius 3 is 2.61 bits per heavy atom. The van der Waals surface area contributed by atoms with Crippen molar-refractivity contribution < 1.29 is 4.79 Å². The first-order valence-electron chi connectivity index (χ1n) is 7.44. The highest BCUT2D eigenvalue weighted by molar-refractivity contribution is 7.99. The standard InChI is InChI=1S/C17H22N4OS/c1-5-11-21-15(13-9-7-6-8-10-13)19-20-16(21)23-12-14(22)18-17(2,3)4/h5-10H,1,11-12H2,2-4H3,(H,18,22). The van der Waals surface area contributed by atoms with Crippen LogP contribution in [0.4, 0.5) is 0 Å². The third-order valence-electron chi connectivity index (χ3n) is 2.91. The van der Waals surface area contributed by atoms with Gasteiger partial charge in [-0.25, -0.2) is 0 Å². The van der Waals surface area contributed by atoms with E-state index in [0.717, 1.165) is 11.4 Å². The molecule has 0 fully saturated rings. The van der Waals surface area contributed by atoms with E-state index in [1.54, 1.807) is 6.08 Å². The van der Waals surface area contributed by atoms with Gasteiger partial charge in [0.15, 0.2) is 11.0 Å². The van der Waals surface area contributed by atoms with E-state index in [1.165, 1.54) is 11.8 Å². The molecule has 0 aliphatic heterocycles. The van der Waals surface area contributed by atoms with E-state index in [-0.39, 0.29) is 11.4 Å². The van der Waals surface area contributed by atoms with Crippen molar-refractivity contribution in [1.82, 2.24) is 20.1 Å². The highest BCUT2D eigenvalue weighted by atomic mass is 32.2. The van der Waals surface area contributed by atoms with Crippen molar-refractivity contribution in [3.63, 3.8) is 0 Å². The van der Waals surface area contributed by atoms with Gasteiger partial charge in [0.25, 0.3) is 0 Å². The van der Waals surface area contributed by atoms with E-state index in [4.69, 9.17) is 0 Å². The molecule has 0 radical (unpaired) electrons. The van der Waals surface area contributed by atoms with Crippen molar-refractivity contribution in [2.24, 2.45) is 0 Å². The van der Waals surface area contributed by atoms with Crippen LogP contribution in [0.1, 0.15) is 20.8 Å². The molecule has 0 saturated heterocycles. The Balaban J connectivity index is 2.15. The summed E-state index contributed by atoms with van der Waals surface area (Å²) < 4.78 is 1.97. The summed E-state index contributed by atoms with van der Waals surface area (Å²) in [4.78, 5) is 12.0. The SMILES string of the molecule is C=CCn1c(SCC(=O)NC(C)(C)C)nnc1-c1ccccc1. The van der Waals surface area contributed by atoms with Gasteiger partial charge in [0.1, 0.15) is 0 Å². The number of thioether (sulfide) groups is 1. The molecule has 2 rings (SSSR count). The van der Waals surface area contributed by atoms with Crippen LogP contribution in [0.5, 0.6) is 0 Å². The maximum atomic E-state index is 12.0. The predicted octanol–water partition coefficient (Wildman–Crippen LogP) is 3.14. The molecule has 1 aromatic heterocycles. The minimum absolute atomic E-state index is 0.0167. The third kappa shape index (κ3) is 4.96. The Morgan fingerprint density at radius 2 is 2.00 bits per heavy atom. The zero-order chi connectivity index (χ0) is 16.9. The summed E-state index contributed by atoms with van der Waals surface area (Å²) in [7, 11) is 0. The number of nitrogens with one attached hydrogen (secondary N) is 1. The Kier molecular flexibility index (Phi) is 5.60. The van der Waals surface area contributed by atoms with E-state index in [0.29, 0.717) is 17.5 Å². The summed E-state index contributed by atoms with van der Waals surface area (Å²) in [6.45, 7) is 10.3. The first-order valence-corrected chi connectivity index (χ1v) is 8.42. The number of nitrogens with zero attached hydrogens (tertiary/aromatic N) is 3. The minimum atomic E-state index is -0.234. The Labute approximate surface area is 141 Å². The minimum Gasteiger partial charge on any atom is -0.351 e. The van der Waals surface area contributed by atoms with Crippen molar-refractivity contribution >= 4 is 17.7 Å². The quantitative estimate of drug-likeness (QED) is 0.653. The molecule has 23 heavy (non-hydrogen) atoms. The normalized spacial score (nSPS) is 11.3. The maximum Gasteiger partial charge on any atom is 0.230 e. The summed E-state index contributed by atoms with van der Waals surface area (Å²) in [5.74, 6) is 1.07. The molecule has 1 N–H and O–H groups in total. The van der Waals surface area contributed by atoms with Gasteiger partial charge in [0.05, 0.1) is 5.75 Å². The molecule has 5 nitrogen and oxygen atoms in total. The molecule has 0 aliphatic carbocycles. The molecule has 1 aromatic carbocycles. The van der Waals surface area contributed by atoms with Gasteiger partial charge in [-0.1, -0.05) is 48.2 Å². The number of hydrogen-bond donors (Lipinski definition) is 1. The number of aromatic nitrogens is 3. The number of allylic oxidation sites excluding steroid dienone is 1. The van der Waals surface area contributed by atoms with Gasteiger partial charge in [0.2, 0.25) is 5.91 Å². The van der Waals surface area contributed by atoms with Crippen molar-refractivity contribution in [2.45, 2.75) is 38.0 Å². The van der Waals surface area contributed by atoms with Gasteiger partial charge in [0, 0.05) is 17.6 Å². The number of amides is 1. The Hall–Kier alpha value is -2.08. The molecule has 0 atom stereocenters. The smallest absolute Gasteiger partial charge is 0.230 e. The summed E-state index contributed by atoms with van der Waals surface area (Å²) >= 11 is 1.38. The first-order chi connectivity index (χ1) is 10.9. The molecule has 0 bridgehead atoms. The molecule has 122 valence electrons. The van der Waals surface area contributed by atoms with Crippen LogP contribution in [-0.4, -0.2) is 32.0 Å². The topological polar surface area (TPSA) is 59.8 Å². The lowest BCUT2D eigenvalue weighted by atomic mass is 10.1. The van der Waals surface area contributed by atoms with E-state index in [1.807, 2.05) is 55.7 Å². The summed E-state index contributed by atoms with van der Waals surface area (Å²) in [5, 5.41) is 12.2. The number of hydrogen-bond acceptors (Lipinski definition) is 4. The van der Waals surface area contributed by atoms with Gasteiger partial charge in [-0.3, -0.25) is 9.36 Å². The van der Waals surface area contributed by atoms with Crippen LogP contribution in [0.2, 0.25) is 0 Å². The van der Waals surface area contributed by atoms with Crippen molar-refractivity contribution in [2.75, 3.05) is 5.75 Å². The molecule has 0 unspecified atom stereocenters. The van der Waals surface area contributed by atoms with Gasteiger partial charge in [-0.05, 0) is 20.8 Å². The van der Waals surface area contributed by atoms with Crippen LogP contribution in [0.15, 0.2) is 48.1 Å². The first kappa shape index (κ1) is 17.3. The summed E-state index contributed by atoms with van der Waals surface area (Å²) in [6.07, 6.45) is 1.80. The van der Waals surface area contributed by atoms with Crippen molar-refractivity contribution in [3.8, 4) is 11.4 Å². The molecule has 1 heterocycles. The predicted molar refractivity (Wildman–Crippen MR) is 94.3 cm³/mol.